The highest BCUT2D eigenvalue weighted by Crippen LogP contribution is 2.41. The first-order valence-corrected chi connectivity index (χ1v) is 6.08. The lowest BCUT2D eigenvalue weighted by Crippen LogP contribution is -2.54. The molecule has 1 aliphatic heterocycles. The van der Waals surface area contributed by atoms with Crippen molar-refractivity contribution >= 4 is 28.0 Å². The molecule has 0 aliphatic carbocycles. The van der Waals surface area contributed by atoms with E-state index in [0.29, 0.717) is 4.42 Å². The summed E-state index contributed by atoms with van der Waals surface area (Å²) in [6.45, 7) is 4.48. The van der Waals surface area contributed by atoms with Crippen LogP contribution >= 0.6 is 11.8 Å². The highest BCUT2D eigenvalue weighted by atomic mass is 35.5. The summed E-state index contributed by atoms with van der Waals surface area (Å²) in [5.41, 5.74) is -2.40. The minimum absolute atomic E-state index is 0.667. The van der Waals surface area contributed by atoms with E-state index in [1.807, 2.05) is 0 Å². The number of cyclic esters (lactones) is 1. The van der Waals surface area contributed by atoms with Crippen molar-refractivity contribution in [1.82, 2.24) is 4.42 Å². The molecule has 0 aromatic carbocycles. The van der Waals surface area contributed by atoms with Crippen molar-refractivity contribution in [2.24, 2.45) is 0 Å². The van der Waals surface area contributed by atoms with Crippen molar-refractivity contribution in [2.45, 2.75) is 31.9 Å². The van der Waals surface area contributed by atoms with Gasteiger partial charge in [0.1, 0.15) is 16.9 Å². The molecule has 8 heteroatoms. The maximum Gasteiger partial charge on any atom is 0.425 e. The molecule has 0 radical (unpaired) electrons. The molecule has 1 aliphatic rings. The quantitative estimate of drug-likeness (QED) is 0.590. The molecule has 1 N–H and O–H groups in total. The summed E-state index contributed by atoms with van der Waals surface area (Å²) in [6, 6.07) is 0. The van der Waals surface area contributed by atoms with Gasteiger partial charge in [0.15, 0.2) is 0 Å². The van der Waals surface area contributed by atoms with Crippen LogP contribution in [0.4, 0.5) is 4.79 Å². The van der Waals surface area contributed by atoms with E-state index in [1.165, 1.54) is 20.8 Å². The average molecular weight is 258 g/mol. The summed E-state index contributed by atoms with van der Waals surface area (Å²) in [5, 5.41) is 0. The van der Waals surface area contributed by atoms with E-state index in [2.05, 4.69) is 0 Å². The smallest absolute Gasteiger partial charge is 0.425 e. The first-order valence-electron chi connectivity index (χ1n) is 4.14. The topological polar surface area (TPSA) is 83.9 Å². The Bertz CT molecular complexity index is 392. The van der Waals surface area contributed by atoms with Crippen molar-refractivity contribution in [3.63, 3.8) is 0 Å². The second-order valence-electron chi connectivity index (χ2n) is 4.16. The van der Waals surface area contributed by atoms with Gasteiger partial charge in [-0.2, -0.15) is 8.42 Å². The molecule has 0 bridgehead atoms. The second kappa shape index (κ2) is 3.23. The molecular weight excluding hydrogens is 246 g/mol. The fraction of sp³-hybridized carbons (Fsp3) is 0.857. The van der Waals surface area contributed by atoms with Gasteiger partial charge in [-0.3, -0.25) is 4.55 Å². The predicted octanol–water partition coefficient (Wildman–Crippen LogP) is 1.02. The summed E-state index contributed by atoms with van der Waals surface area (Å²) in [4.78, 5) is 11.2. The maximum absolute atomic E-state index is 11.2. The molecule has 1 amide bonds. The van der Waals surface area contributed by atoms with Crippen molar-refractivity contribution in [3.05, 3.63) is 0 Å². The molecule has 1 unspecified atom stereocenters. The first-order chi connectivity index (χ1) is 6.50. The van der Waals surface area contributed by atoms with Crippen molar-refractivity contribution in [1.29, 1.82) is 0 Å². The molecule has 0 spiro atoms. The molecular formula is C7H12ClNO5S. The Balaban J connectivity index is 3.15. The summed E-state index contributed by atoms with van der Waals surface area (Å²) in [5.74, 6) is -0.678. The van der Waals surface area contributed by atoms with Crippen LogP contribution in [-0.4, -0.2) is 40.4 Å². The molecule has 15 heavy (non-hydrogen) atoms. The van der Waals surface area contributed by atoms with Gasteiger partial charge in [-0.1, -0.05) is 0 Å². The molecule has 0 saturated carbocycles. The average Bonchev–Trinajstić information content (AvgIpc) is 2.09. The van der Waals surface area contributed by atoms with Gasteiger partial charge in [0, 0.05) is 11.8 Å². The zero-order valence-electron chi connectivity index (χ0n) is 8.52. The molecule has 6 nitrogen and oxygen atoms in total. The SMILES string of the molecule is CC1(C)OC(=O)N(Cl)C1(C)CS(=O)(=O)O. The van der Waals surface area contributed by atoms with Crippen molar-refractivity contribution in [3.8, 4) is 0 Å². The summed E-state index contributed by atoms with van der Waals surface area (Å²) >= 11 is 5.64. The standard InChI is InChI=1S/C7H12ClNO5S/c1-6(2)7(3,4-15(11,12)13)9(8)5(10)14-6/h4H2,1-3H3,(H,11,12,13). The third-order valence-electron chi connectivity index (χ3n) is 2.70. The summed E-state index contributed by atoms with van der Waals surface area (Å²) < 4.78 is 36.0. The van der Waals surface area contributed by atoms with Gasteiger partial charge in [-0.25, -0.2) is 9.21 Å². The number of carbonyl (C=O) groups excluding carboxylic acids is 1. The Kier molecular flexibility index (Phi) is 2.70. The van der Waals surface area contributed by atoms with Crippen molar-refractivity contribution in [2.75, 3.05) is 5.75 Å². The van der Waals surface area contributed by atoms with Gasteiger partial charge >= 0.3 is 6.09 Å². The normalized spacial score (nSPS) is 30.5. The van der Waals surface area contributed by atoms with Crippen molar-refractivity contribution < 1.29 is 22.5 Å². The molecule has 1 saturated heterocycles. The molecule has 88 valence electrons. The number of hydrogen-bond acceptors (Lipinski definition) is 4. The van der Waals surface area contributed by atoms with Gasteiger partial charge in [0.25, 0.3) is 10.1 Å². The minimum atomic E-state index is -4.25. The Morgan fingerprint density at radius 1 is 1.47 bits per heavy atom. The van der Waals surface area contributed by atoms with Crippen LogP contribution in [-0.2, 0) is 14.9 Å². The summed E-state index contributed by atoms with van der Waals surface area (Å²) in [6.07, 6.45) is -0.826. The van der Waals surface area contributed by atoms with E-state index in [1.54, 1.807) is 0 Å². The maximum atomic E-state index is 11.2. The van der Waals surface area contributed by atoms with E-state index in [-0.39, 0.29) is 0 Å². The lowest BCUT2D eigenvalue weighted by Gasteiger charge is -2.35. The Hall–Kier alpha value is -0.530. The number of halogens is 1. The number of ether oxygens (including phenoxy) is 1. The number of hydrogen-bond donors (Lipinski definition) is 1. The van der Waals surface area contributed by atoms with Gasteiger partial charge in [0.05, 0.1) is 0 Å². The lowest BCUT2D eigenvalue weighted by molar-refractivity contribution is 0.0413. The van der Waals surface area contributed by atoms with Crippen LogP contribution in [0.15, 0.2) is 0 Å². The molecule has 1 atom stereocenters. The third kappa shape index (κ3) is 2.04. The molecule has 0 aromatic rings. The predicted molar refractivity (Wildman–Crippen MR) is 53.1 cm³/mol. The zero-order chi connectivity index (χ0) is 12.1. The fourth-order valence-corrected chi connectivity index (χ4v) is 2.95. The fourth-order valence-electron chi connectivity index (χ4n) is 1.39. The number of carbonyl (C=O) groups is 1. The van der Waals surface area contributed by atoms with E-state index < -0.39 is 33.1 Å². The van der Waals surface area contributed by atoms with E-state index in [4.69, 9.17) is 21.1 Å². The van der Waals surface area contributed by atoms with Crippen LogP contribution in [0.1, 0.15) is 20.8 Å². The van der Waals surface area contributed by atoms with Crippen LogP contribution in [0, 0.1) is 0 Å². The van der Waals surface area contributed by atoms with Gasteiger partial charge in [-0.15, -0.1) is 0 Å². The van der Waals surface area contributed by atoms with E-state index >= 15 is 0 Å². The summed E-state index contributed by atoms with van der Waals surface area (Å²) in [7, 11) is -4.25. The number of rotatable bonds is 2. The van der Waals surface area contributed by atoms with Crippen LogP contribution in [0.5, 0.6) is 0 Å². The lowest BCUT2D eigenvalue weighted by atomic mass is 9.87. The Labute approximate surface area is 93.0 Å². The van der Waals surface area contributed by atoms with E-state index in [0.717, 1.165) is 0 Å². The van der Waals surface area contributed by atoms with Gasteiger partial charge in [-0.05, 0) is 20.8 Å². The molecule has 0 aromatic heterocycles. The number of amides is 1. The number of nitrogens with zero attached hydrogens (tertiary/aromatic N) is 1. The highest BCUT2D eigenvalue weighted by Gasteiger charge is 2.59. The third-order valence-corrected chi connectivity index (χ3v) is 4.13. The van der Waals surface area contributed by atoms with Gasteiger partial charge < -0.3 is 4.74 Å². The highest BCUT2D eigenvalue weighted by molar-refractivity contribution is 7.85. The molecule has 1 rings (SSSR count). The first kappa shape index (κ1) is 12.5. The van der Waals surface area contributed by atoms with Gasteiger partial charge in [0.2, 0.25) is 0 Å². The molecule has 1 heterocycles. The minimum Gasteiger partial charge on any atom is -0.440 e. The van der Waals surface area contributed by atoms with Crippen LogP contribution < -0.4 is 0 Å². The monoisotopic (exact) mass is 257 g/mol. The van der Waals surface area contributed by atoms with E-state index in [9.17, 15) is 13.2 Å². The van der Waals surface area contributed by atoms with Crippen LogP contribution in [0.3, 0.4) is 0 Å². The van der Waals surface area contributed by atoms with Crippen LogP contribution in [0.25, 0.3) is 0 Å². The Morgan fingerprint density at radius 2 is 1.93 bits per heavy atom. The molecule has 1 fully saturated rings. The Morgan fingerprint density at radius 3 is 2.20 bits per heavy atom. The largest absolute Gasteiger partial charge is 0.440 e. The zero-order valence-corrected chi connectivity index (χ0v) is 10.1. The second-order valence-corrected chi connectivity index (χ2v) is 5.95. The van der Waals surface area contributed by atoms with Crippen LogP contribution in [0.2, 0.25) is 0 Å².